The van der Waals surface area contributed by atoms with Crippen molar-refractivity contribution in [3.05, 3.63) is 130 Å². The molecule has 1 unspecified atom stereocenters. The minimum Gasteiger partial charge on any atom is -0.351 e. The third-order valence-electron chi connectivity index (χ3n) is 10.6. The topological polar surface area (TPSA) is 113 Å². The molecule has 7 nitrogen and oxygen atoms in total. The smallest absolute Gasteiger partial charge is 0.266 e. The van der Waals surface area contributed by atoms with Gasteiger partial charge >= 0.3 is 0 Å². The first-order valence-corrected chi connectivity index (χ1v) is 19.4. The van der Waals surface area contributed by atoms with Gasteiger partial charge in [0.2, 0.25) is 5.91 Å². The van der Waals surface area contributed by atoms with Gasteiger partial charge in [-0.25, -0.2) is 0 Å². The van der Waals surface area contributed by atoms with Crippen LogP contribution in [0.2, 0.25) is 5.02 Å². The Morgan fingerprint density at radius 1 is 0.922 bits per heavy atom. The standard InChI is InChI=1S/C42H45ClN2O5S/c1-27-25-35(43)19-22-37(27)30-13-20-36(21-14-30)45-40(47)42(34-17-11-29(12-18-34)28-9-15-33(16-10-28)41(2,3)4)26-38(42)31-5-7-32(8-6-31)39(46)44-23-24-51(48,49)50/h5-9,11-14,17-22,25,33,38H,10,15-16,23-24,26H2,1-4H3,(H,44,46)(H,45,47)(H,48,49,50)/t33-,38-,42?/m0/s1. The van der Waals surface area contributed by atoms with Crippen LogP contribution in [-0.4, -0.2) is 37.1 Å². The lowest BCUT2D eigenvalue weighted by Crippen LogP contribution is -2.30. The number of benzene rings is 4. The molecule has 0 radical (unpaired) electrons. The third kappa shape index (κ3) is 8.30. The quantitative estimate of drug-likeness (QED) is 0.141. The minimum absolute atomic E-state index is 0.0902. The fourth-order valence-corrected chi connectivity index (χ4v) is 8.01. The SMILES string of the molecule is Cc1cc(Cl)ccc1-c1ccc(NC(=O)C2(c3ccc(C4=CC[C@H](C(C)(C)C)CC4)cc3)C[C@H]2c2ccc(C(=O)NCCS(=O)(=O)O)cc2)cc1. The average molecular weight is 725 g/mol. The summed E-state index contributed by atoms with van der Waals surface area (Å²) in [7, 11) is -4.18. The molecular weight excluding hydrogens is 680 g/mol. The van der Waals surface area contributed by atoms with Crippen molar-refractivity contribution in [3.8, 4) is 11.1 Å². The van der Waals surface area contributed by atoms with Gasteiger partial charge in [0, 0.05) is 28.7 Å². The number of carbonyl (C=O) groups is 2. The van der Waals surface area contributed by atoms with Crippen molar-refractivity contribution in [3.63, 3.8) is 0 Å². The molecule has 1 fully saturated rings. The van der Waals surface area contributed by atoms with Crippen molar-refractivity contribution >= 4 is 44.8 Å². The molecule has 0 aliphatic heterocycles. The van der Waals surface area contributed by atoms with E-state index < -0.39 is 27.2 Å². The van der Waals surface area contributed by atoms with Gasteiger partial charge < -0.3 is 10.6 Å². The van der Waals surface area contributed by atoms with Gasteiger partial charge in [0.15, 0.2) is 0 Å². The maximum atomic E-state index is 14.3. The first-order chi connectivity index (χ1) is 24.1. The number of carbonyl (C=O) groups excluding carboxylic acids is 2. The molecule has 0 bridgehead atoms. The molecule has 2 aliphatic rings. The number of amides is 2. The summed E-state index contributed by atoms with van der Waals surface area (Å²) in [6, 6.07) is 29.2. The lowest BCUT2D eigenvalue weighted by molar-refractivity contribution is -0.118. The van der Waals surface area contributed by atoms with E-state index in [1.165, 1.54) is 11.1 Å². The zero-order valence-corrected chi connectivity index (χ0v) is 31.1. The highest BCUT2D eigenvalue weighted by atomic mass is 35.5. The van der Waals surface area contributed by atoms with Gasteiger partial charge in [-0.05, 0) is 119 Å². The largest absolute Gasteiger partial charge is 0.351 e. The molecule has 1 saturated carbocycles. The van der Waals surface area contributed by atoms with E-state index in [1.54, 1.807) is 12.1 Å². The van der Waals surface area contributed by atoms with Crippen LogP contribution in [0.15, 0.2) is 97.1 Å². The maximum absolute atomic E-state index is 14.3. The molecule has 4 aromatic carbocycles. The first-order valence-electron chi connectivity index (χ1n) is 17.5. The number of halogens is 1. The number of rotatable bonds is 10. The monoisotopic (exact) mass is 724 g/mol. The summed E-state index contributed by atoms with van der Waals surface area (Å²) in [6.45, 7) is 8.76. The van der Waals surface area contributed by atoms with Crippen LogP contribution in [0, 0.1) is 18.3 Å². The van der Waals surface area contributed by atoms with E-state index in [1.807, 2.05) is 61.5 Å². The van der Waals surface area contributed by atoms with Gasteiger partial charge in [-0.3, -0.25) is 14.1 Å². The van der Waals surface area contributed by atoms with Crippen molar-refractivity contribution in [2.45, 2.75) is 64.7 Å². The van der Waals surface area contributed by atoms with Crippen LogP contribution in [0.5, 0.6) is 0 Å². The second-order valence-electron chi connectivity index (χ2n) is 15.0. The van der Waals surface area contributed by atoms with Crippen molar-refractivity contribution in [1.29, 1.82) is 0 Å². The summed E-state index contributed by atoms with van der Waals surface area (Å²) < 4.78 is 31.0. The Morgan fingerprint density at radius 2 is 1.59 bits per heavy atom. The van der Waals surface area contributed by atoms with Crippen LogP contribution in [0.25, 0.3) is 16.7 Å². The second-order valence-corrected chi connectivity index (χ2v) is 17.0. The Bertz CT molecular complexity index is 2070. The zero-order valence-electron chi connectivity index (χ0n) is 29.5. The van der Waals surface area contributed by atoms with E-state index in [9.17, 15) is 18.0 Å². The predicted molar refractivity (Wildman–Crippen MR) is 206 cm³/mol. The molecule has 4 aromatic rings. The van der Waals surface area contributed by atoms with Crippen LogP contribution in [0.4, 0.5) is 5.69 Å². The number of aryl methyl sites for hydroxylation is 1. The molecule has 0 spiro atoms. The highest BCUT2D eigenvalue weighted by Crippen LogP contribution is 2.61. The normalized spacial score (nSPS) is 20.3. The Hall–Kier alpha value is -4.24. The van der Waals surface area contributed by atoms with Gasteiger partial charge in [0.25, 0.3) is 16.0 Å². The van der Waals surface area contributed by atoms with Crippen LogP contribution < -0.4 is 10.6 Å². The number of anilines is 1. The fraction of sp³-hybridized carbons (Fsp3) is 0.333. The van der Waals surface area contributed by atoms with Crippen molar-refractivity contribution < 1.29 is 22.6 Å². The minimum atomic E-state index is -4.18. The lowest BCUT2D eigenvalue weighted by atomic mass is 9.72. The average Bonchev–Trinajstić information content (AvgIpc) is 3.85. The highest BCUT2D eigenvalue weighted by molar-refractivity contribution is 7.85. The van der Waals surface area contributed by atoms with Gasteiger partial charge in [-0.1, -0.05) is 93.0 Å². The number of hydrogen-bond acceptors (Lipinski definition) is 4. The van der Waals surface area contributed by atoms with Crippen molar-refractivity contribution in [2.75, 3.05) is 17.6 Å². The molecule has 2 aliphatic carbocycles. The molecule has 6 rings (SSSR count). The molecule has 3 atom stereocenters. The molecule has 51 heavy (non-hydrogen) atoms. The van der Waals surface area contributed by atoms with Crippen LogP contribution in [-0.2, 0) is 20.3 Å². The molecule has 266 valence electrons. The highest BCUT2D eigenvalue weighted by Gasteiger charge is 2.61. The zero-order chi connectivity index (χ0) is 36.6. The van der Waals surface area contributed by atoms with Gasteiger partial charge in [-0.2, -0.15) is 8.42 Å². The summed E-state index contributed by atoms with van der Waals surface area (Å²) in [5, 5.41) is 6.41. The summed E-state index contributed by atoms with van der Waals surface area (Å²) in [5.41, 5.74) is 8.15. The summed E-state index contributed by atoms with van der Waals surface area (Å²) >= 11 is 6.17. The number of nitrogens with one attached hydrogen (secondary N) is 2. The van der Waals surface area contributed by atoms with E-state index in [4.69, 9.17) is 16.2 Å². The van der Waals surface area contributed by atoms with Gasteiger partial charge in [-0.15, -0.1) is 0 Å². The first kappa shape index (κ1) is 36.5. The van der Waals surface area contributed by atoms with Gasteiger partial charge in [0.1, 0.15) is 0 Å². The van der Waals surface area contributed by atoms with E-state index in [2.05, 4.69) is 61.7 Å². The van der Waals surface area contributed by atoms with Gasteiger partial charge in [0.05, 0.1) is 11.2 Å². The van der Waals surface area contributed by atoms with Crippen molar-refractivity contribution in [1.82, 2.24) is 5.32 Å². The Balaban J connectivity index is 1.24. The summed E-state index contributed by atoms with van der Waals surface area (Å²) in [6.07, 6.45) is 6.26. The molecule has 0 aromatic heterocycles. The van der Waals surface area contributed by atoms with Crippen molar-refractivity contribution in [2.24, 2.45) is 11.3 Å². The van der Waals surface area contributed by atoms with Crippen LogP contribution in [0.1, 0.15) is 85.0 Å². The summed E-state index contributed by atoms with van der Waals surface area (Å²) in [5.74, 6) is -0.542. The molecule has 9 heteroatoms. The number of allylic oxidation sites excluding steroid dienone is 2. The fourth-order valence-electron chi connectivity index (χ4n) is 7.42. The van der Waals surface area contributed by atoms with Crippen LogP contribution in [0.3, 0.4) is 0 Å². The molecule has 0 heterocycles. The molecule has 2 amide bonds. The lowest BCUT2D eigenvalue weighted by Gasteiger charge is -2.33. The van der Waals surface area contributed by atoms with E-state index in [0.29, 0.717) is 28.6 Å². The summed E-state index contributed by atoms with van der Waals surface area (Å²) in [4.78, 5) is 27.0. The molecule has 0 saturated heterocycles. The van der Waals surface area contributed by atoms with Crippen LogP contribution >= 0.6 is 11.6 Å². The van der Waals surface area contributed by atoms with E-state index >= 15 is 0 Å². The third-order valence-corrected chi connectivity index (χ3v) is 11.6. The Labute approximate surface area is 306 Å². The number of hydrogen-bond donors (Lipinski definition) is 3. The van der Waals surface area contributed by atoms with E-state index in [-0.39, 0.29) is 23.8 Å². The van der Waals surface area contributed by atoms with E-state index in [0.717, 1.165) is 47.1 Å². The second kappa shape index (κ2) is 14.4. The molecule has 3 N–H and O–H groups in total. The predicted octanol–water partition coefficient (Wildman–Crippen LogP) is 9.23. The molecular formula is C42H45ClN2O5S. The maximum Gasteiger partial charge on any atom is 0.266 e. The Morgan fingerprint density at radius 3 is 2.18 bits per heavy atom. The Kier molecular flexibility index (Phi) is 10.3.